The van der Waals surface area contributed by atoms with Crippen LogP contribution in [0.2, 0.25) is 0 Å². The molecule has 1 aromatic heterocycles. The van der Waals surface area contributed by atoms with Crippen LogP contribution in [0.4, 0.5) is 0 Å². The quantitative estimate of drug-likeness (QED) is 0.655. The lowest BCUT2D eigenvalue weighted by molar-refractivity contribution is 0.605. The number of benzene rings is 1. The number of rotatable bonds is 5. The lowest BCUT2D eigenvalue weighted by Crippen LogP contribution is -1.83. The summed E-state index contributed by atoms with van der Waals surface area (Å²) in [6, 6.07) is 8.24. The molecule has 1 radical (unpaired) electrons. The number of para-hydroxylation sites is 1. The second-order valence-electron chi connectivity index (χ2n) is 3.92. The fraction of sp³-hybridized carbons (Fsp3) is 0.357. The second kappa shape index (κ2) is 5.01. The Balaban J connectivity index is 2.02. The molecular weight excluding hydrogens is 184 g/mol. The average molecular weight is 201 g/mol. The first kappa shape index (κ1) is 10.3. The molecule has 0 amide bonds. The topological polar surface area (TPSA) is 13.1 Å². The zero-order valence-electron chi connectivity index (χ0n) is 9.04. The summed E-state index contributed by atoms with van der Waals surface area (Å²) in [6.07, 6.45) is 7.80. The fourth-order valence-electron chi connectivity index (χ4n) is 1.90. The molecule has 0 aliphatic heterocycles. The van der Waals surface area contributed by atoms with E-state index < -0.39 is 0 Å². The van der Waals surface area contributed by atoms with E-state index in [9.17, 15) is 0 Å². The highest BCUT2D eigenvalue weighted by Gasteiger charge is 2.03. The van der Waals surface area contributed by atoms with E-state index in [2.05, 4.69) is 19.1 Å². The molecule has 0 N–H and O–H groups in total. The summed E-state index contributed by atoms with van der Waals surface area (Å²) in [5.41, 5.74) is 2.35. The smallest absolute Gasteiger partial charge is 0.134 e. The van der Waals surface area contributed by atoms with Crippen molar-refractivity contribution >= 4 is 11.0 Å². The van der Waals surface area contributed by atoms with Gasteiger partial charge in [0.25, 0.3) is 0 Å². The van der Waals surface area contributed by atoms with E-state index >= 15 is 0 Å². The third kappa shape index (κ3) is 2.41. The lowest BCUT2D eigenvalue weighted by atomic mass is 10.1. The number of furan rings is 1. The molecule has 15 heavy (non-hydrogen) atoms. The maximum absolute atomic E-state index is 5.49. The molecular formula is C14H17O. The van der Waals surface area contributed by atoms with E-state index in [0.717, 1.165) is 18.4 Å². The molecule has 2 aromatic rings. The summed E-state index contributed by atoms with van der Waals surface area (Å²) in [4.78, 5) is 0. The molecule has 0 fully saturated rings. The van der Waals surface area contributed by atoms with Gasteiger partial charge in [0, 0.05) is 5.39 Å². The Kier molecular flexibility index (Phi) is 3.44. The molecule has 2 rings (SSSR count). The monoisotopic (exact) mass is 201 g/mol. The first-order chi connectivity index (χ1) is 7.42. The van der Waals surface area contributed by atoms with Crippen LogP contribution in [-0.4, -0.2) is 0 Å². The molecule has 0 atom stereocenters. The Bertz CT molecular complexity index is 414. The number of unbranched alkanes of at least 4 members (excludes halogenated alkanes) is 3. The summed E-state index contributed by atoms with van der Waals surface area (Å²) in [5, 5.41) is 1.27. The van der Waals surface area contributed by atoms with Gasteiger partial charge in [0.2, 0.25) is 0 Å². The third-order valence-corrected chi connectivity index (χ3v) is 2.76. The van der Waals surface area contributed by atoms with Crippen molar-refractivity contribution in [2.75, 3.05) is 0 Å². The van der Waals surface area contributed by atoms with E-state index in [1.54, 1.807) is 0 Å². The van der Waals surface area contributed by atoms with Gasteiger partial charge < -0.3 is 4.42 Å². The first-order valence-electron chi connectivity index (χ1n) is 5.66. The normalized spacial score (nSPS) is 11.0. The molecule has 0 saturated heterocycles. The predicted molar refractivity (Wildman–Crippen MR) is 63.7 cm³/mol. The van der Waals surface area contributed by atoms with Crippen molar-refractivity contribution in [3.05, 3.63) is 43.0 Å². The Morgan fingerprint density at radius 3 is 2.80 bits per heavy atom. The van der Waals surface area contributed by atoms with Crippen LogP contribution in [0.3, 0.4) is 0 Å². The van der Waals surface area contributed by atoms with Crippen molar-refractivity contribution in [1.82, 2.24) is 0 Å². The number of fused-ring (bicyclic) bond motifs is 1. The van der Waals surface area contributed by atoms with Gasteiger partial charge in [0.1, 0.15) is 5.58 Å². The van der Waals surface area contributed by atoms with E-state index in [0.29, 0.717) is 0 Å². The van der Waals surface area contributed by atoms with E-state index in [1.807, 2.05) is 18.4 Å². The molecule has 79 valence electrons. The van der Waals surface area contributed by atoms with Gasteiger partial charge in [0.05, 0.1) is 6.26 Å². The van der Waals surface area contributed by atoms with Crippen LogP contribution in [0.1, 0.15) is 31.2 Å². The van der Waals surface area contributed by atoms with Crippen LogP contribution >= 0.6 is 0 Å². The third-order valence-electron chi connectivity index (χ3n) is 2.76. The van der Waals surface area contributed by atoms with Gasteiger partial charge in [-0.15, -0.1) is 0 Å². The van der Waals surface area contributed by atoms with Gasteiger partial charge in [-0.25, -0.2) is 0 Å². The summed E-state index contributed by atoms with van der Waals surface area (Å²) in [6.45, 7) is 3.85. The van der Waals surface area contributed by atoms with Gasteiger partial charge in [-0.3, -0.25) is 0 Å². The molecule has 0 bridgehead atoms. The maximum Gasteiger partial charge on any atom is 0.134 e. The minimum absolute atomic E-state index is 1.00. The van der Waals surface area contributed by atoms with Crippen molar-refractivity contribution in [2.24, 2.45) is 0 Å². The number of hydrogen-bond acceptors (Lipinski definition) is 1. The Hall–Kier alpha value is -1.24. The van der Waals surface area contributed by atoms with Gasteiger partial charge in [0.15, 0.2) is 0 Å². The van der Waals surface area contributed by atoms with Crippen LogP contribution in [0, 0.1) is 6.92 Å². The highest BCUT2D eigenvalue weighted by Crippen LogP contribution is 2.22. The molecule has 1 heteroatoms. The number of aryl methyl sites for hydroxylation is 1. The van der Waals surface area contributed by atoms with Crippen molar-refractivity contribution in [3.63, 3.8) is 0 Å². The van der Waals surface area contributed by atoms with Crippen LogP contribution in [0.15, 0.2) is 34.9 Å². The largest absolute Gasteiger partial charge is 0.464 e. The van der Waals surface area contributed by atoms with Crippen LogP contribution in [-0.2, 0) is 6.42 Å². The average Bonchev–Trinajstić information content (AvgIpc) is 2.68. The van der Waals surface area contributed by atoms with Gasteiger partial charge in [-0.2, -0.15) is 0 Å². The Labute approximate surface area is 91.1 Å². The van der Waals surface area contributed by atoms with Crippen LogP contribution in [0.25, 0.3) is 11.0 Å². The van der Waals surface area contributed by atoms with Crippen molar-refractivity contribution in [2.45, 2.75) is 32.1 Å². The standard InChI is InChI=1S/C14H17O/c1-2-3-4-5-8-12-11-15-14-10-7-6-9-13(12)14/h6-7,9-11H,1-5,8H2. The van der Waals surface area contributed by atoms with E-state index in [-0.39, 0.29) is 0 Å². The van der Waals surface area contributed by atoms with Gasteiger partial charge >= 0.3 is 0 Å². The predicted octanol–water partition coefficient (Wildman–Crippen LogP) is 4.37. The molecule has 1 nitrogen and oxygen atoms in total. The summed E-state index contributed by atoms with van der Waals surface area (Å²) in [7, 11) is 0. The highest BCUT2D eigenvalue weighted by molar-refractivity contribution is 5.80. The zero-order chi connectivity index (χ0) is 10.5. The van der Waals surface area contributed by atoms with Crippen molar-refractivity contribution < 1.29 is 4.42 Å². The lowest BCUT2D eigenvalue weighted by Gasteiger charge is -1.97. The van der Waals surface area contributed by atoms with Crippen LogP contribution in [0.5, 0.6) is 0 Å². The molecule has 0 aliphatic carbocycles. The Morgan fingerprint density at radius 1 is 1.07 bits per heavy atom. The molecule has 0 aliphatic rings. The maximum atomic E-state index is 5.49. The van der Waals surface area contributed by atoms with Gasteiger partial charge in [-0.1, -0.05) is 44.4 Å². The van der Waals surface area contributed by atoms with Crippen LogP contribution < -0.4 is 0 Å². The molecule has 1 heterocycles. The molecule has 0 saturated carbocycles. The molecule has 0 spiro atoms. The SMILES string of the molecule is [CH2]CCCCCc1coc2ccccc12. The fourth-order valence-corrected chi connectivity index (χ4v) is 1.90. The summed E-state index contributed by atoms with van der Waals surface area (Å²) >= 11 is 0. The Morgan fingerprint density at radius 2 is 1.93 bits per heavy atom. The minimum atomic E-state index is 1.00. The second-order valence-corrected chi connectivity index (χ2v) is 3.92. The highest BCUT2D eigenvalue weighted by atomic mass is 16.3. The summed E-state index contributed by atoms with van der Waals surface area (Å²) in [5.74, 6) is 0. The molecule has 1 aromatic carbocycles. The summed E-state index contributed by atoms with van der Waals surface area (Å²) < 4.78 is 5.49. The van der Waals surface area contributed by atoms with Crippen molar-refractivity contribution in [3.8, 4) is 0 Å². The van der Waals surface area contributed by atoms with E-state index in [1.165, 1.54) is 30.2 Å². The zero-order valence-corrected chi connectivity index (χ0v) is 9.04. The number of hydrogen-bond donors (Lipinski definition) is 0. The molecule has 0 unspecified atom stereocenters. The van der Waals surface area contributed by atoms with Gasteiger partial charge in [-0.05, 0) is 24.5 Å². The van der Waals surface area contributed by atoms with E-state index in [4.69, 9.17) is 4.42 Å². The minimum Gasteiger partial charge on any atom is -0.464 e. The first-order valence-corrected chi connectivity index (χ1v) is 5.66. The van der Waals surface area contributed by atoms with Crippen molar-refractivity contribution in [1.29, 1.82) is 0 Å².